The van der Waals surface area contributed by atoms with E-state index in [0.29, 0.717) is 6.61 Å². The van der Waals surface area contributed by atoms with E-state index in [4.69, 9.17) is 18.9 Å². The molecule has 2 aliphatic heterocycles. The van der Waals surface area contributed by atoms with E-state index < -0.39 is 24.3 Å². The highest BCUT2D eigenvalue weighted by Gasteiger charge is 2.55. The van der Waals surface area contributed by atoms with E-state index in [2.05, 4.69) is 0 Å². The Balaban J connectivity index is 1.58. The van der Waals surface area contributed by atoms with Gasteiger partial charge in [-0.25, -0.2) is 0 Å². The molecule has 0 aromatic heterocycles. The lowest BCUT2D eigenvalue weighted by Crippen LogP contribution is -2.37. The molecule has 4 atom stereocenters. The Kier molecular flexibility index (Phi) is 4.40. The number of aldehydes is 1. The second-order valence-corrected chi connectivity index (χ2v) is 5.82. The summed E-state index contributed by atoms with van der Waals surface area (Å²) in [5.74, 6) is -0.718. The minimum Gasteiger partial charge on any atom is -0.368 e. The average Bonchev–Trinajstić information content (AvgIpc) is 2.96. The van der Waals surface area contributed by atoms with E-state index in [1.165, 1.54) is 0 Å². The number of rotatable bonds is 5. The van der Waals surface area contributed by atoms with Crippen molar-refractivity contribution >= 4 is 12.4 Å². The highest BCUT2D eigenvalue weighted by molar-refractivity contribution is 5.58. The number of ether oxygens (including phenoxy) is 4. The summed E-state index contributed by atoms with van der Waals surface area (Å²) in [5.41, 5.74) is 1.10. The number of fused-ring (bicyclic) bond motifs is 1. The van der Waals surface area contributed by atoms with Gasteiger partial charge in [0.2, 0.25) is 0 Å². The van der Waals surface area contributed by atoms with E-state index in [0.717, 1.165) is 11.8 Å². The van der Waals surface area contributed by atoms with Crippen molar-refractivity contribution < 1.29 is 23.7 Å². The maximum Gasteiger partial charge on any atom is 0.190 e. The molecule has 2 heterocycles. The standard InChI is InChI=1S/C17H20O5/c1-17(2)21-15-14(13(11-18)20-16(15)22-17)19-10-6-9-12-7-4-3-5-8-12/h3-9,11,13-16H,10H2,1-2H3/b9-6+/t13-,14+,15-,16-/m1/s1. The van der Waals surface area contributed by atoms with Crippen molar-refractivity contribution in [2.75, 3.05) is 6.61 Å². The molecule has 0 bridgehead atoms. The summed E-state index contributed by atoms with van der Waals surface area (Å²) in [4.78, 5) is 11.1. The van der Waals surface area contributed by atoms with Gasteiger partial charge in [0.1, 0.15) is 18.3 Å². The highest BCUT2D eigenvalue weighted by Crippen LogP contribution is 2.38. The highest BCUT2D eigenvalue weighted by atomic mass is 16.8. The Morgan fingerprint density at radius 3 is 2.73 bits per heavy atom. The lowest BCUT2D eigenvalue weighted by Gasteiger charge is -2.23. The molecule has 118 valence electrons. The Labute approximate surface area is 129 Å². The minimum atomic E-state index is -0.718. The van der Waals surface area contributed by atoms with Crippen LogP contribution in [0.3, 0.4) is 0 Å². The molecule has 0 spiro atoms. The van der Waals surface area contributed by atoms with Crippen molar-refractivity contribution in [1.29, 1.82) is 0 Å². The second-order valence-electron chi connectivity index (χ2n) is 5.82. The van der Waals surface area contributed by atoms with Crippen LogP contribution in [0.15, 0.2) is 36.4 Å². The number of carbonyl (C=O) groups is 1. The van der Waals surface area contributed by atoms with E-state index in [9.17, 15) is 4.79 Å². The van der Waals surface area contributed by atoms with Crippen molar-refractivity contribution in [3.8, 4) is 0 Å². The SMILES string of the molecule is CC1(C)O[C@H]2O[C@H](C=O)[C@H](OC/C=C/c3ccccc3)[C@H]2O1. The maximum atomic E-state index is 11.1. The van der Waals surface area contributed by atoms with Crippen LogP contribution in [0, 0.1) is 0 Å². The fourth-order valence-electron chi connectivity index (χ4n) is 2.72. The average molecular weight is 304 g/mol. The van der Waals surface area contributed by atoms with Crippen LogP contribution in [-0.4, -0.2) is 43.3 Å². The molecule has 5 nitrogen and oxygen atoms in total. The smallest absolute Gasteiger partial charge is 0.190 e. The Bertz CT molecular complexity index is 539. The summed E-state index contributed by atoms with van der Waals surface area (Å²) in [6.45, 7) is 4.01. The molecule has 0 radical (unpaired) electrons. The quantitative estimate of drug-likeness (QED) is 0.780. The Hall–Kier alpha value is -1.53. The van der Waals surface area contributed by atoms with Gasteiger partial charge in [-0.2, -0.15) is 0 Å². The number of carbonyl (C=O) groups excluding carboxylic acids is 1. The molecule has 2 fully saturated rings. The number of hydrogen-bond acceptors (Lipinski definition) is 5. The van der Waals surface area contributed by atoms with Gasteiger partial charge in [0.25, 0.3) is 0 Å². The van der Waals surface area contributed by atoms with E-state index in [1.807, 2.05) is 56.3 Å². The fourth-order valence-corrected chi connectivity index (χ4v) is 2.72. The van der Waals surface area contributed by atoms with Crippen LogP contribution >= 0.6 is 0 Å². The number of hydrogen-bond donors (Lipinski definition) is 0. The Morgan fingerprint density at radius 2 is 2.00 bits per heavy atom. The minimum absolute atomic E-state index is 0.375. The van der Waals surface area contributed by atoms with E-state index in [1.54, 1.807) is 0 Å². The van der Waals surface area contributed by atoms with Crippen LogP contribution in [0.25, 0.3) is 6.08 Å². The van der Waals surface area contributed by atoms with Crippen molar-refractivity contribution in [3.05, 3.63) is 42.0 Å². The third kappa shape index (κ3) is 3.28. The summed E-state index contributed by atoms with van der Waals surface area (Å²) >= 11 is 0. The molecule has 0 saturated carbocycles. The van der Waals surface area contributed by atoms with Gasteiger partial charge in [0, 0.05) is 0 Å². The molecule has 0 amide bonds. The third-order valence-corrected chi connectivity index (χ3v) is 3.66. The predicted molar refractivity (Wildman–Crippen MR) is 80.0 cm³/mol. The van der Waals surface area contributed by atoms with Gasteiger partial charge in [-0.15, -0.1) is 0 Å². The third-order valence-electron chi connectivity index (χ3n) is 3.66. The molecule has 5 heteroatoms. The first-order valence-electron chi connectivity index (χ1n) is 7.39. The first-order chi connectivity index (χ1) is 10.6. The van der Waals surface area contributed by atoms with Gasteiger partial charge in [0.15, 0.2) is 18.4 Å². The van der Waals surface area contributed by atoms with Crippen LogP contribution in [0.4, 0.5) is 0 Å². The van der Waals surface area contributed by atoms with Gasteiger partial charge in [-0.1, -0.05) is 42.5 Å². The molecule has 1 aromatic rings. The zero-order valence-corrected chi connectivity index (χ0v) is 12.7. The first-order valence-corrected chi connectivity index (χ1v) is 7.39. The molecule has 2 aliphatic rings. The van der Waals surface area contributed by atoms with Crippen molar-refractivity contribution in [2.24, 2.45) is 0 Å². The number of benzene rings is 1. The molecule has 0 unspecified atom stereocenters. The monoisotopic (exact) mass is 304 g/mol. The van der Waals surface area contributed by atoms with Crippen LogP contribution in [0.1, 0.15) is 19.4 Å². The van der Waals surface area contributed by atoms with E-state index >= 15 is 0 Å². The zero-order chi connectivity index (χ0) is 15.6. The largest absolute Gasteiger partial charge is 0.368 e. The lowest BCUT2D eigenvalue weighted by atomic mass is 10.1. The van der Waals surface area contributed by atoms with Gasteiger partial charge in [-0.05, 0) is 19.4 Å². The normalized spacial score (nSPS) is 33.2. The summed E-state index contributed by atoms with van der Waals surface area (Å²) in [5, 5.41) is 0. The van der Waals surface area contributed by atoms with Crippen LogP contribution in [0.5, 0.6) is 0 Å². The molecular formula is C17H20O5. The second kappa shape index (κ2) is 6.30. The van der Waals surface area contributed by atoms with Gasteiger partial charge in [0.05, 0.1) is 6.61 Å². The first kappa shape index (κ1) is 15.4. The summed E-state index contributed by atoms with van der Waals surface area (Å²) in [6, 6.07) is 9.94. The van der Waals surface area contributed by atoms with Crippen LogP contribution in [0.2, 0.25) is 0 Å². The maximum absolute atomic E-state index is 11.1. The summed E-state index contributed by atoms with van der Waals surface area (Å²) in [6.07, 6.45) is 2.58. The molecular weight excluding hydrogens is 284 g/mol. The Morgan fingerprint density at radius 1 is 1.23 bits per heavy atom. The molecule has 0 N–H and O–H groups in total. The van der Waals surface area contributed by atoms with Crippen LogP contribution in [-0.2, 0) is 23.7 Å². The summed E-state index contributed by atoms with van der Waals surface area (Å²) < 4.78 is 22.7. The molecule has 22 heavy (non-hydrogen) atoms. The summed E-state index contributed by atoms with van der Waals surface area (Å²) in [7, 11) is 0. The topological polar surface area (TPSA) is 54.0 Å². The molecule has 1 aromatic carbocycles. The van der Waals surface area contributed by atoms with Gasteiger partial charge < -0.3 is 23.7 Å². The molecule has 2 saturated heterocycles. The van der Waals surface area contributed by atoms with E-state index in [-0.39, 0.29) is 6.10 Å². The molecule has 3 rings (SSSR count). The fraction of sp³-hybridized carbons (Fsp3) is 0.471. The van der Waals surface area contributed by atoms with Crippen LogP contribution < -0.4 is 0 Å². The lowest BCUT2D eigenvalue weighted by molar-refractivity contribution is -0.214. The van der Waals surface area contributed by atoms with Crippen molar-refractivity contribution in [2.45, 2.75) is 44.2 Å². The van der Waals surface area contributed by atoms with Crippen molar-refractivity contribution in [3.63, 3.8) is 0 Å². The zero-order valence-electron chi connectivity index (χ0n) is 12.7. The van der Waals surface area contributed by atoms with Crippen molar-refractivity contribution in [1.82, 2.24) is 0 Å². The molecule has 0 aliphatic carbocycles. The van der Waals surface area contributed by atoms with Gasteiger partial charge >= 0.3 is 0 Å². The predicted octanol–water partition coefficient (Wildman–Crippen LogP) is 2.16. The van der Waals surface area contributed by atoms with Gasteiger partial charge in [-0.3, -0.25) is 0 Å².